The van der Waals surface area contributed by atoms with Crippen molar-refractivity contribution in [2.45, 2.75) is 25.6 Å². The Hall–Kier alpha value is -2.77. The van der Waals surface area contributed by atoms with Gasteiger partial charge < -0.3 is 31.5 Å². The van der Waals surface area contributed by atoms with Gasteiger partial charge in [-0.1, -0.05) is 49.7 Å². The van der Waals surface area contributed by atoms with Crippen molar-refractivity contribution in [2.75, 3.05) is 28.2 Å². The summed E-state index contributed by atoms with van der Waals surface area (Å²) < 4.78 is 0. The predicted molar refractivity (Wildman–Crippen MR) is 141 cm³/mol. The van der Waals surface area contributed by atoms with Crippen LogP contribution in [0.2, 0.25) is 0 Å². The van der Waals surface area contributed by atoms with Crippen molar-refractivity contribution < 1.29 is 31.9 Å². The van der Waals surface area contributed by atoms with E-state index in [1.54, 1.807) is 52.5 Å². The fraction of sp³-hybridized carbons (Fsp3) is 0.286. The summed E-state index contributed by atoms with van der Waals surface area (Å²) in [4.78, 5) is 0. The van der Waals surface area contributed by atoms with E-state index in [0.29, 0.717) is 5.56 Å². The van der Waals surface area contributed by atoms with Gasteiger partial charge in [-0.25, -0.2) is 0 Å². The normalized spacial score (nSPS) is 10.5. The molecule has 35 heavy (non-hydrogen) atoms. The first-order valence-electron chi connectivity index (χ1n) is 10.9. The minimum Gasteiger partial charge on any atom is -0.850 e. The molecule has 0 radical (unpaired) electrons. The second kappa shape index (κ2) is 17.6. The van der Waals surface area contributed by atoms with Crippen molar-refractivity contribution in [3.05, 3.63) is 118 Å². The number of hydrogen-bond acceptors (Lipinski definition) is 2. The van der Waals surface area contributed by atoms with Gasteiger partial charge in [-0.05, 0) is 22.7 Å². The number of rotatable bonds is 6. The van der Waals surface area contributed by atoms with E-state index in [4.69, 9.17) is 0 Å². The number of hydrogen-bond donors (Lipinski definition) is 0. The molecule has 0 aromatic heterocycles. The van der Waals surface area contributed by atoms with Crippen LogP contribution in [0.4, 0.5) is 22.7 Å². The minimum absolute atomic E-state index is 0. The van der Waals surface area contributed by atoms with E-state index in [-0.39, 0.29) is 21.7 Å². The Kier molecular flexibility index (Phi) is 16.2. The second-order valence-corrected chi connectivity index (χ2v) is 7.65. The number of nitrogens with zero attached hydrogens (tertiary/aromatic N) is 4. The van der Waals surface area contributed by atoms with Crippen LogP contribution in [0.15, 0.2) is 91.0 Å². The molecule has 0 aliphatic rings. The zero-order chi connectivity index (χ0) is 25.4. The molecule has 0 N–H and O–H groups in total. The Morgan fingerprint density at radius 2 is 1.03 bits per heavy atom. The van der Waals surface area contributed by atoms with Crippen molar-refractivity contribution in [2.24, 2.45) is 0 Å². The van der Waals surface area contributed by atoms with Crippen molar-refractivity contribution in [1.29, 1.82) is 0 Å². The second-order valence-electron chi connectivity index (χ2n) is 7.65. The van der Waals surface area contributed by atoms with Gasteiger partial charge in [0.15, 0.2) is 0 Å². The molecule has 0 aliphatic heterocycles. The van der Waals surface area contributed by atoms with Crippen molar-refractivity contribution in [3.63, 3.8) is 0 Å². The first-order valence-corrected chi connectivity index (χ1v) is 10.9. The van der Waals surface area contributed by atoms with Crippen LogP contribution in [0.1, 0.15) is 25.5 Å². The van der Waals surface area contributed by atoms with Gasteiger partial charge in [0, 0.05) is 60.7 Å². The van der Waals surface area contributed by atoms with E-state index >= 15 is 0 Å². The van der Waals surface area contributed by atoms with Crippen LogP contribution >= 0.6 is 0 Å². The zero-order valence-electron chi connectivity index (χ0n) is 21.3. The van der Waals surface area contributed by atoms with Gasteiger partial charge in [-0.3, -0.25) is 0 Å². The van der Waals surface area contributed by atoms with Gasteiger partial charge in [-0.15, -0.1) is 39.9 Å². The molecule has 1 atom stereocenters. The van der Waals surface area contributed by atoms with Gasteiger partial charge in [-0.2, -0.15) is 0 Å². The van der Waals surface area contributed by atoms with E-state index < -0.39 is 11.7 Å². The van der Waals surface area contributed by atoms with Crippen molar-refractivity contribution in [3.8, 4) is 0 Å². The number of benzene rings is 1. The molecule has 0 saturated heterocycles. The molecule has 3 aromatic rings. The average molecular weight is 506 g/mol. The summed E-state index contributed by atoms with van der Waals surface area (Å²) in [6.45, 7) is 2.83. The van der Waals surface area contributed by atoms with Crippen LogP contribution in [-0.4, -0.2) is 33.8 Å². The Morgan fingerprint density at radius 3 is 1.37 bits per heavy atom. The summed E-state index contributed by atoms with van der Waals surface area (Å²) in [5, 5.41) is 39.1. The largest absolute Gasteiger partial charge is 4.00 e. The summed E-state index contributed by atoms with van der Waals surface area (Å²) in [5.41, 5.74) is 2.84. The molecule has 0 unspecified atom stereocenters. The van der Waals surface area contributed by atoms with E-state index in [9.17, 15) is 10.2 Å². The smallest absolute Gasteiger partial charge is 0.850 e. The quantitative estimate of drug-likeness (QED) is 0.274. The monoisotopic (exact) mass is 506 g/mol. The molecule has 0 bridgehead atoms. The Balaban J connectivity index is 0.000000489. The van der Waals surface area contributed by atoms with Crippen LogP contribution in [-0.2, 0) is 21.7 Å². The van der Waals surface area contributed by atoms with E-state index in [2.05, 4.69) is 21.3 Å². The molecule has 3 aromatic carbocycles. The van der Waals surface area contributed by atoms with Crippen LogP contribution in [0, 0.1) is 0 Å². The van der Waals surface area contributed by atoms with Crippen LogP contribution in [0.25, 0.3) is 21.3 Å². The van der Waals surface area contributed by atoms with E-state index in [1.807, 2.05) is 66.7 Å². The maximum atomic E-state index is 11.4. The molecule has 0 aliphatic carbocycles. The zero-order valence-corrected chi connectivity index (χ0v) is 22.9. The molecule has 0 spiro atoms. The van der Waals surface area contributed by atoms with Crippen LogP contribution < -0.4 is 10.2 Å². The van der Waals surface area contributed by atoms with Gasteiger partial charge in [0.25, 0.3) is 0 Å². The van der Waals surface area contributed by atoms with Crippen molar-refractivity contribution >= 4 is 22.7 Å². The molecule has 0 heterocycles. The molecule has 182 valence electrons. The van der Waals surface area contributed by atoms with Crippen LogP contribution in [0.3, 0.4) is 0 Å². The summed E-state index contributed by atoms with van der Waals surface area (Å²) in [5.74, 6) is 0. The third-order valence-electron chi connectivity index (χ3n) is 4.68. The maximum Gasteiger partial charge on any atom is 4.00 e. The first kappa shape index (κ1) is 32.2. The van der Waals surface area contributed by atoms with Crippen LogP contribution in [0.5, 0.6) is 0 Å². The molecule has 7 heteroatoms. The molecular formula is C28H34N4O2Ti. The molecular weight excluding hydrogens is 472 g/mol. The summed E-state index contributed by atoms with van der Waals surface area (Å²) in [6.07, 6.45) is -1.18. The SMILES string of the molecule is CC(C)([O-])[C@@H]([O-])c1ccccc1.C[N-]c1ccccc[c+]1[N-]C.C[N-]c1ccccc[c+]1[N-]C.[Ti+4]. The summed E-state index contributed by atoms with van der Waals surface area (Å²) >= 11 is 0. The third kappa shape index (κ3) is 12.0. The topological polar surface area (TPSA) is 103 Å². The van der Waals surface area contributed by atoms with Gasteiger partial charge in [0.1, 0.15) is 0 Å². The van der Waals surface area contributed by atoms with Gasteiger partial charge in [0.05, 0.1) is 0 Å². The molecule has 0 amide bonds. The molecule has 6 nitrogen and oxygen atoms in total. The summed E-state index contributed by atoms with van der Waals surface area (Å²) in [7, 11) is 7.07. The van der Waals surface area contributed by atoms with Gasteiger partial charge >= 0.3 is 21.7 Å². The fourth-order valence-corrected chi connectivity index (χ4v) is 2.84. The Bertz CT molecular complexity index is 879. The molecule has 0 fully saturated rings. The standard InChI is InChI=1S/C10H12O2.2C9H11N2.Ti/c1-10(2,12)9(11)8-6-4-3-5-7-8;2*1-10-8-6-4-3-5-7-9(8)11-2;/h3-7,9H,1-2H3;2*3-7H,1-2H3;/q-2;2*-1;+4/t9-;;;/m0.../s1. The maximum absolute atomic E-state index is 11.4. The summed E-state index contributed by atoms with van der Waals surface area (Å²) in [6, 6.07) is 28.3. The minimum atomic E-state index is -1.44. The average Bonchev–Trinajstić information content (AvgIpc) is 3.24. The third-order valence-corrected chi connectivity index (χ3v) is 4.68. The van der Waals surface area contributed by atoms with Crippen molar-refractivity contribution in [1.82, 2.24) is 0 Å². The van der Waals surface area contributed by atoms with E-state index in [0.717, 1.165) is 22.7 Å². The van der Waals surface area contributed by atoms with Gasteiger partial charge in [0.2, 0.25) is 0 Å². The van der Waals surface area contributed by atoms with E-state index in [1.165, 1.54) is 13.8 Å². The first-order chi connectivity index (χ1) is 16.3. The molecule has 0 saturated carbocycles. The Morgan fingerprint density at radius 1 is 0.657 bits per heavy atom. The fourth-order valence-electron chi connectivity index (χ4n) is 2.84. The Labute approximate surface area is 225 Å². The molecule has 3 rings (SSSR count). The predicted octanol–water partition coefficient (Wildman–Crippen LogP) is 6.70.